The van der Waals surface area contributed by atoms with Crippen LogP contribution in [0, 0.1) is 6.92 Å². The first-order chi connectivity index (χ1) is 13.5. The number of nitrogens with zero attached hydrogens (tertiary/aromatic N) is 3. The van der Waals surface area contributed by atoms with E-state index in [1.165, 1.54) is 12.8 Å². The van der Waals surface area contributed by atoms with Gasteiger partial charge in [0.15, 0.2) is 0 Å². The molecule has 7 heteroatoms. The first kappa shape index (κ1) is 18.9. The molecule has 1 aromatic carbocycles. The van der Waals surface area contributed by atoms with Crippen molar-refractivity contribution >= 4 is 22.8 Å². The number of nitrogens with one attached hydrogen (secondary N) is 2. The van der Waals surface area contributed by atoms with Crippen LogP contribution in [0.1, 0.15) is 43.5 Å². The number of benzene rings is 1. The Balaban J connectivity index is 1.43. The number of aromatic nitrogens is 2. The number of rotatable bonds is 5. The molecular formula is C21H29N5O2. The zero-order valence-corrected chi connectivity index (χ0v) is 16.7. The zero-order chi connectivity index (χ0) is 19.7. The molecule has 28 heavy (non-hydrogen) atoms. The van der Waals surface area contributed by atoms with E-state index in [9.17, 15) is 9.59 Å². The van der Waals surface area contributed by atoms with Crippen molar-refractivity contribution in [2.45, 2.75) is 57.7 Å². The van der Waals surface area contributed by atoms with Gasteiger partial charge < -0.3 is 15.2 Å². The Morgan fingerprint density at radius 2 is 2.11 bits per heavy atom. The molecule has 1 aliphatic heterocycles. The Bertz CT molecular complexity index is 871. The lowest BCUT2D eigenvalue weighted by Crippen LogP contribution is -2.59. The Morgan fingerprint density at radius 1 is 1.32 bits per heavy atom. The van der Waals surface area contributed by atoms with Gasteiger partial charge in [-0.25, -0.2) is 4.98 Å². The van der Waals surface area contributed by atoms with Gasteiger partial charge in [0.1, 0.15) is 5.82 Å². The fraction of sp³-hybridized carbons (Fsp3) is 0.571. The van der Waals surface area contributed by atoms with Crippen LogP contribution in [0.3, 0.4) is 0 Å². The minimum absolute atomic E-state index is 0.0146. The number of H-pyrrole nitrogens is 1. The van der Waals surface area contributed by atoms with E-state index in [0.717, 1.165) is 41.8 Å². The minimum atomic E-state index is -0.357. The van der Waals surface area contributed by atoms with E-state index in [2.05, 4.69) is 20.2 Å². The van der Waals surface area contributed by atoms with Crippen molar-refractivity contribution in [2.75, 3.05) is 20.1 Å². The molecule has 2 heterocycles. The standard InChI is InChI=1S/C21H29N5O2/c1-14-6-5-9-16-20(14)24-18(23-16)13-25(2)19(27)12-17-21(28)22-10-11-26(17)15-7-3-4-8-15/h5-6,9,15,17H,3-4,7-8,10-13H2,1-2H3,(H,22,28)(H,23,24). The van der Waals surface area contributed by atoms with Crippen molar-refractivity contribution in [2.24, 2.45) is 0 Å². The largest absolute Gasteiger partial charge is 0.353 e. The van der Waals surface area contributed by atoms with E-state index < -0.39 is 0 Å². The van der Waals surface area contributed by atoms with Crippen LogP contribution in [0.2, 0.25) is 0 Å². The van der Waals surface area contributed by atoms with Gasteiger partial charge in [0.2, 0.25) is 11.8 Å². The molecule has 0 radical (unpaired) electrons. The number of para-hydroxylation sites is 1. The summed E-state index contributed by atoms with van der Waals surface area (Å²) in [5.74, 6) is 0.724. The average molecular weight is 383 g/mol. The highest BCUT2D eigenvalue weighted by atomic mass is 16.2. The highest BCUT2D eigenvalue weighted by molar-refractivity contribution is 5.89. The lowest BCUT2D eigenvalue weighted by atomic mass is 10.0. The molecule has 2 fully saturated rings. The number of amides is 2. The second kappa shape index (κ2) is 7.91. The number of aromatic amines is 1. The van der Waals surface area contributed by atoms with Crippen molar-refractivity contribution in [1.29, 1.82) is 0 Å². The van der Waals surface area contributed by atoms with Crippen LogP contribution in [0.15, 0.2) is 18.2 Å². The quantitative estimate of drug-likeness (QED) is 0.827. The van der Waals surface area contributed by atoms with E-state index in [1.807, 2.05) is 25.1 Å². The van der Waals surface area contributed by atoms with Crippen LogP contribution in [-0.4, -0.2) is 63.8 Å². The maximum Gasteiger partial charge on any atom is 0.237 e. The molecule has 4 rings (SSSR count). The fourth-order valence-electron chi connectivity index (χ4n) is 4.55. The first-order valence-electron chi connectivity index (χ1n) is 10.2. The fourth-order valence-corrected chi connectivity index (χ4v) is 4.55. The van der Waals surface area contributed by atoms with E-state index in [1.54, 1.807) is 11.9 Å². The number of carbonyl (C=O) groups is 2. The van der Waals surface area contributed by atoms with E-state index in [0.29, 0.717) is 19.1 Å². The third-order valence-electron chi connectivity index (χ3n) is 6.11. The van der Waals surface area contributed by atoms with E-state index >= 15 is 0 Å². The van der Waals surface area contributed by atoms with E-state index in [-0.39, 0.29) is 24.3 Å². The molecule has 1 aromatic heterocycles. The SMILES string of the molecule is Cc1cccc2[nH]c(CN(C)C(=O)CC3C(=O)NCCN3C3CCCC3)nc12. The Morgan fingerprint density at radius 3 is 2.86 bits per heavy atom. The molecule has 150 valence electrons. The van der Waals surface area contributed by atoms with Gasteiger partial charge in [0.25, 0.3) is 0 Å². The molecule has 7 nitrogen and oxygen atoms in total. The lowest BCUT2D eigenvalue weighted by Gasteiger charge is -2.39. The van der Waals surface area contributed by atoms with Gasteiger partial charge in [-0.2, -0.15) is 0 Å². The highest BCUT2D eigenvalue weighted by Crippen LogP contribution is 2.27. The molecular weight excluding hydrogens is 354 g/mol. The lowest BCUT2D eigenvalue weighted by molar-refractivity contribution is -0.139. The second-order valence-corrected chi connectivity index (χ2v) is 8.09. The molecule has 0 spiro atoms. The van der Waals surface area contributed by atoms with Gasteiger partial charge in [-0.1, -0.05) is 25.0 Å². The number of carbonyl (C=O) groups excluding carboxylic acids is 2. The van der Waals surface area contributed by atoms with Crippen molar-refractivity contribution < 1.29 is 9.59 Å². The molecule has 1 unspecified atom stereocenters. The van der Waals surface area contributed by atoms with Crippen molar-refractivity contribution in [3.8, 4) is 0 Å². The van der Waals surface area contributed by atoms with Crippen LogP contribution < -0.4 is 5.32 Å². The Kier molecular flexibility index (Phi) is 5.35. The molecule has 1 saturated heterocycles. The number of aryl methyl sites for hydroxylation is 1. The topological polar surface area (TPSA) is 81.3 Å². The molecule has 2 aliphatic rings. The predicted molar refractivity (Wildman–Crippen MR) is 108 cm³/mol. The van der Waals surface area contributed by atoms with Crippen LogP contribution in [-0.2, 0) is 16.1 Å². The smallest absolute Gasteiger partial charge is 0.237 e. The molecule has 1 atom stereocenters. The molecule has 0 bridgehead atoms. The summed E-state index contributed by atoms with van der Waals surface area (Å²) in [5, 5.41) is 2.93. The number of hydrogen-bond acceptors (Lipinski definition) is 4. The number of imidazole rings is 1. The number of fused-ring (bicyclic) bond motifs is 1. The third-order valence-corrected chi connectivity index (χ3v) is 6.11. The van der Waals surface area contributed by atoms with Gasteiger partial charge in [-0.05, 0) is 31.4 Å². The van der Waals surface area contributed by atoms with Crippen molar-refractivity contribution in [1.82, 2.24) is 25.1 Å². The van der Waals surface area contributed by atoms with E-state index in [4.69, 9.17) is 0 Å². The zero-order valence-electron chi connectivity index (χ0n) is 16.7. The highest BCUT2D eigenvalue weighted by Gasteiger charge is 2.37. The summed E-state index contributed by atoms with van der Waals surface area (Å²) in [7, 11) is 1.78. The van der Waals surface area contributed by atoms with Crippen LogP contribution in [0.25, 0.3) is 11.0 Å². The summed E-state index contributed by atoms with van der Waals surface area (Å²) < 4.78 is 0. The minimum Gasteiger partial charge on any atom is -0.353 e. The summed E-state index contributed by atoms with van der Waals surface area (Å²) in [4.78, 5) is 37.2. The summed E-state index contributed by atoms with van der Waals surface area (Å²) in [5.41, 5.74) is 3.03. The summed E-state index contributed by atoms with van der Waals surface area (Å²) in [6, 6.07) is 6.10. The van der Waals surface area contributed by atoms with Crippen LogP contribution >= 0.6 is 0 Å². The number of hydrogen-bond donors (Lipinski definition) is 2. The van der Waals surface area contributed by atoms with Gasteiger partial charge in [-0.15, -0.1) is 0 Å². The first-order valence-corrected chi connectivity index (χ1v) is 10.2. The maximum atomic E-state index is 12.9. The average Bonchev–Trinajstić information content (AvgIpc) is 3.33. The molecule has 1 aliphatic carbocycles. The monoisotopic (exact) mass is 383 g/mol. The second-order valence-electron chi connectivity index (χ2n) is 8.09. The van der Waals surface area contributed by atoms with Gasteiger partial charge in [-0.3, -0.25) is 14.5 Å². The molecule has 1 saturated carbocycles. The van der Waals surface area contributed by atoms with Gasteiger partial charge in [0, 0.05) is 26.2 Å². The van der Waals surface area contributed by atoms with Gasteiger partial charge in [0.05, 0.1) is 30.0 Å². The Hall–Kier alpha value is -2.41. The molecule has 2 N–H and O–H groups in total. The van der Waals surface area contributed by atoms with Crippen LogP contribution in [0.4, 0.5) is 0 Å². The Labute approximate surface area is 165 Å². The van der Waals surface area contributed by atoms with Crippen molar-refractivity contribution in [3.63, 3.8) is 0 Å². The normalized spacial score (nSPS) is 21.2. The third kappa shape index (κ3) is 3.76. The van der Waals surface area contributed by atoms with Crippen LogP contribution in [0.5, 0.6) is 0 Å². The predicted octanol–water partition coefficient (Wildman–Crippen LogP) is 1.96. The summed E-state index contributed by atoms with van der Waals surface area (Å²) in [6.45, 7) is 3.95. The summed E-state index contributed by atoms with van der Waals surface area (Å²) in [6.07, 6.45) is 4.92. The van der Waals surface area contributed by atoms with Crippen molar-refractivity contribution in [3.05, 3.63) is 29.6 Å². The summed E-state index contributed by atoms with van der Waals surface area (Å²) >= 11 is 0. The maximum absolute atomic E-state index is 12.9. The molecule has 2 amide bonds. The molecule has 2 aromatic rings. The van der Waals surface area contributed by atoms with Gasteiger partial charge >= 0.3 is 0 Å². The number of piperazine rings is 1.